The molecular formula is C19H16ClN3O5. The van der Waals surface area contributed by atoms with E-state index in [0.29, 0.717) is 23.7 Å². The molecule has 8 nitrogen and oxygen atoms in total. The number of aromatic nitrogens is 1. The number of methoxy groups -OCH3 is 1. The first-order chi connectivity index (χ1) is 13.5. The van der Waals surface area contributed by atoms with E-state index in [1.807, 2.05) is 6.92 Å². The van der Waals surface area contributed by atoms with Crippen LogP contribution in [0.2, 0.25) is 5.02 Å². The van der Waals surface area contributed by atoms with Gasteiger partial charge in [-0.2, -0.15) is 0 Å². The van der Waals surface area contributed by atoms with Gasteiger partial charge in [-0.15, -0.1) is 0 Å². The second kappa shape index (κ2) is 8.10. The molecule has 0 bridgehead atoms. The molecule has 0 aliphatic carbocycles. The van der Waals surface area contributed by atoms with Crippen LogP contribution in [0.1, 0.15) is 12.5 Å². The van der Waals surface area contributed by atoms with Gasteiger partial charge in [0.2, 0.25) is 0 Å². The number of pyridine rings is 1. The molecule has 1 N–H and O–H groups in total. The summed E-state index contributed by atoms with van der Waals surface area (Å²) in [6.45, 7) is 2.23. The minimum Gasteiger partial charge on any atom is -0.493 e. The fourth-order valence-electron chi connectivity index (χ4n) is 2.63. The smallest absolute Gasteiger partial charge is 0.335 e. The highest BCUT2D eigenvalue weighted by molar-refractivity contribution is 6.40. The predicted molar refractivity (Wildman–Crippen MR) is 102 cm³/mol. The van der Waals surface area contributed by atoms with Gasteiger partial charge in [-0.05, 0) is 36.8 Å². The Labute approximate surface area is 165 Å². The van der Waals surface area contributed by atoms with E-state index in [1.54, 1.807) is 6.07 Å². The van der Waals surface area contributed by atoms with Crippen molar-refractivity contribution in [3.05, 3.63) is 52.8 Å². The molecule has 0 unspecified atom stereocenters. The summed E-state index contributed by atoms with van der Waals surface area (Å²) in [7, 11) is 1.46. The van der Waals surface area contributed by atoms with Crippen LogP contribution in [0, 0.1) is 0 Å². The van der Waals surface area contributed by atoms with Crippen LogP contribution in [0.5, 0.6) is 11.5 Å². The molecule has 2 heterocycles. The molecule has 144 valence electrons. The summed E-state index contributed by atoms with van der Waals surface area (Å²) in [5.41, 5.74) is 0.403. The first-order valence-corrected chi connectivity index (χ1v) is 8.65. The molecule has 1 saturated heterocycles. The summed E-state index contributed by atoms with van der Waals surface area (Å²) in [5, 5.41) is 2.40. The van der Waals surface area contributed by atoms with Crippen molar-refractivity contribution in [3.8, 4) is 11.5 Å². The highest BCUT2D eigenvalue weighted by Crippen LogP contribution is 2.35. The van der Waals surface area contributed by atoms with E-state index in [0.717, 1.165) is 4.90 Å². The molecule has 1 aliphatic rings. The molecule has 1 aromatic carbocycles. The van der Waals surface area contributed by atoms with E-state index in [4.69, 9.17) is 21.1 Å². The molecule has 0 saturated carbocycles. The minimum atomic E-state index is -0.839. The molecule has 0 atom stereocenters. The first kappa shape index (κ1) is 19.4. The Bertz CT molecular complexity index is 975. The number of ether oxygens (including phenoxy) is 2. The maximum atomic E-state index is 12.8. The van der Waals surface area contributed by atoms with E-state index in [1.165, 1.54) is 43.8 Å². The van der Waals surface area contributed by atoms with E-state index in [-0.39, 0.29) is 16.3 Å². The van der Waals surface area contributed by atoms with Crippen molar-refractivity contribution in [2.75, 3.05) is 18.6 Å². The summed E-state index contributed by atoms with van der Waals surface area (Å²) < 4.78 is 10.7. The Morgan fingerprint density at radius 1 is 1.18 bits per heavy atom. The second-order valence-electron chi connectivity index (χ2n) is 5.62. The number of anilines is 1. The minimum absolute atomic E-state index is 0.246. The van der Waals surface area contributed by atoms with Crippen molar-refractivity contribution in [2.24, 2.45) is 0 Å². The number of halogens is 1. The normalized spacial score (nSPS) is 15.6. The number of rotatable bonds is 5. The largest absolute Gasteiger partial charge is 0.493 e. The van der Waals surface area contributed by atoms with Crippen LogP contribution in [0.3, 0.4) is 0 Å². The maximum Gasteiger partial charge on any atom is 0.335 e. The molecule has 0 spiro atoms. The standard InChI is InChI=1S/C19H16ClN3O5/c1-3-28-16-10-14(20)11(9-15(16)27-2)8-13-17(24)22-19(26)23(18(13)25)12-4-6-21-7-5-12/h4-10H,3H2,1-2H3,(H,22,24,26)/b13-8+. The zero-order valence-corrected chi connectivity index (χ0v) is 15.8. The van der Waals surface area contributed by atoms with Gasteiger partial charge in [0.05, 0.1) is 24.4 Å². The number of urea groups is 1. The van der Waals surface area contributed by atoms with Crippen molar-refractivity contribution in [3.63, 3.8) is 0 Å². The SMILES string of the molecule is CCOc1cc(Cl)c(/C=C2\C(=O)NC(=O)N(c3ccncc3)C2=O)cc1OC. The third kappa shape index (κ3) is 3.67. The van der Waals surface area contributed by atoms with E-state index in [9.17, 15) is 14.4 Å². The number of carbonyl (C=O) groups excluding carboxylic acids is 3. The van der Waals surface area contributed by atoms with Crippen LogP contribution in [0.4, 0.5) is 10.5 Å². The van der Waals surface area contributed by atoms with Crippen LogP contribution in [0.15, 0.2) is 42.2 Å². The quantitative estimate of drug-likeness (QED) is 0.611. The van der Waals surface area contributed by atoms with Gasteiger partial charge in [0.15, 0.2) is 11.5 Å². The molecule has 0 radical (unpaired) electrons. The fraction of sp³-hybridized carbons (Fsp3) is 0.158. The topological polar surface area (TPSA) is 97.8 Å². The molecular weight excluding hydrogens is 386 g/mol. The fourth-order valence-corrected chi connectivity index (χ4v) is 2.84. The van der Waals surface area contributed by atoms with Crippen LogP contribution in [0.25, 0.3) is 6.08 Å². The van der Waals surface area contributed by atoms with Gasteiger partial charge in [0.25, 0.3) is 11.8 Å². The maximum absolute atomic E-state index is 12.8. The summed E-state index contributed by atoms with van der Waals surface area (Å²) >= 11 is 6.28. The van der Waals surface area contributed by atoms with Crippen LogP contribution >= 0.6 is 11.6 Å². The number of hydrogen-bond acceptors (Lipinski definition) is 6. The van der Waals surface area contributed by atoms with Gasteiger partial charge in [-0.1, -0.05) is 11.6 Å². The van der Waals surface area contributed by atoms with Crippen molar-refractivity contribution in [1.82, 2.24) is 10.3 Å². The summed E-state index contributed by atoms with van der Waals surface area (Å²) in [4.78, 5) is 42.0. The lowest BCUT2D eigenvalue weighted by atomic mass is 10.1. The third-order valence-electron chi connectivity index (χ3n) is 3.91. The lowest BCUT2D eigenvalue weighted by molar-refractivity contribution is -0.122. The third-order valence-corrected chi connectivity index (χ3v) is 4.23. The molecule has 1 aromatic heterocycles. The number of barbiturate groups is 1. The van der Waals surface area contributed by atoms with Crippen molar-refractivity contribution < 1.29 is 23.9 Å². The van der Waals surface area contributed by atoms with Crippen molar-refractivity contribution in [2.45, 2.75) is 6.92 Å². The zero-order valence-electron chi connectivity index (χ0n) is 15.1. The molecule has 1 aliphatic heterocycles. The van der Waals surface area contributed by atoms with E-state index in [2.05, 4.69) is 10.3 Å². The molecule has 4 amide bonds. The molecule has 1 fully saturated rings. The number of hydrogen-bond donors (Lipinski definition) is 1. The Kier molecular flexibility index (Phi) is 5.60. The lowest BCUT2D eigenvalue weighted by Gasteiger charge is -2.26. The van der Waals surface area contributed by atoms with Gasteiger partial charge >= 0.3 is 6.03 Å². The Balaban J connectivity index is 2.04. The summed E-state index contributed by atoms with van der Waals surface area (Å²) in [5.74, 6) is -0.762. The van der Waals surface area contributed by atoms with Crippen LogP contribution < -0.4 is 19.7 Å². The van der Waals surface area contributed by atoms with Gasteiger partial charge in [-0.25, -0.2) is 9.69 Å². The number of nitrogens with one attached hydrogen (secondary N) is 1. The van der Waals surface area contributed by atoms with Gasteiger partial charge in [0, 0.05) is 18.5 Å². The van der Waals surface area contributed by atoms with Crippen molar-refractivity contribution in [1.29, 1.82) is 0 Å². The summed E-state index contributed by atoms with van der Waals surface area (Å²) in [6.07, 6.45) is 4.17. The highest BCUT2D eigenvalue weighted by Gasteiger charge is 2.37. The zero-order chi connectivity index (χ0) is 20.3. The molecule has 28 heavy (non-hydrogen) atoms. The first-order valence-electron chi connectivity index (χ1n) is 8.28. The lowest BCUT2D eigenvalue weighted by Crippen LogP contribution is -2.54. The Hall–Kier alpha value is -3.39. The number of nitrogens with zero attached hydrogens (tertiary/aromatic N) is 2. The monoisotopic (exact) mass is 401 g/mol. The highest BCUT2D eigenvalue weighted by atomic mass is 35.5. The molecule has 2 aromatic rings. The number of imide groups is 2. The van der Waals surface area contributed by atoms with Crippen LogP contribution in [-0.2, 0) is 9.59 Å². The van der Waals surface area contributed by atoms with E-state index >= 15 is 0 Å². The molecule has 3 rings (SSSR count). The average Bonchev–Trinajstić information content (AvgIpc) is 2.67. The van der Waals surface area contributed by atoms with Gasteiger partial charge < -0.3 is 9.47 Å². The number of benzene rings is 1. The van der Waals surface area contributed by atoms with E-state index < -0.39 is 17.8 Å². The van der Waals surface area contributed by atoms with Gasteiger partial charge in [-0.3, -0.25) is 19.9 Å². The van der Waals surface area contributed by atoms with Crippen LogP contribution in [-0.4, -0.2) is 36.5 Å². The summed E-state index contributed by atoms with van der Waals surface area (Å²) in [6, 6.07) is 5.21. The second-order valence-corrected chi connectivity index (χ2v) is 6.03. The average molecular weight is 402 g/mol. The molecule has 9 heteroatoms. The number of amides is 4. The Morgan fingerprint density at radius 3 is 2.54 bits per heavy atom. The Morgan fingerprint density at radius 2 is 1.89 bits per heavy atom. The predicted octanol–water partition coefficient (Wildman–Crippen LogP) is 2.81. The number of carbonyl (C=O) groups is 3. The van der Waals surface area contributed by atoms with Crippen molar-refractivity contribution >= 4 is 41.2 Å². The van der Waals surface area contributed by atoms with Gasteiger partial charge in [0.1, 0.15) is 5.57 Å².